The zero-order chi connectivity index (χ0) is 19.2. The molecule has 2 aliphatic heterocycles. The van der Waals surface area contributed by atoms with Crippen molar-refractivity contribution < 1.29 is 14.6 Å². The Morgan fingerprint density at radius 3 is 2.85 bits per heavy atom. The van der Waals surface area contributed by atoms with Gasteiger partial charge in [-0.15, -0.1) is 0 Å². The second-order valence-electron chi connectivity index (χ2n) is 7.75. The Morgan fingerprint density at radius 2 is 2.15 bits per heavy atom. The van der Waals surface area contributed by atoms with Crippen molar-refractivity contribution >= 4 is 21.9 Å². The molecule has 0 radical (unpaired) electrons. The van der Waals surface area contributed by atoms with Crippen LogP contribution in [0.15, 0.2) is 22.3 Å². The number of dihydropyridines is 1. The van der Waals surface area contributed by atoms with Crippen LogP contribution in [0.5, 0.6) is 0 Å². The fourth-order valence-corrected chi connectivity index (χ4v) is 4.85. The van der Waals surface area contributed by atoms with E-state index in [1.54, 1.807) is 0 Å². The van der Waals surface area contributed by atoms with E-state index in [0.717, 1.165) is 24.0 Å². The fraction of sp³-hybridized carbons (Fsp3) is 0.750. The molecule has 2 heterocycles. The van der Waals surface area contributed by atoms with Crippen LogP contribution in [-0.2, 0) is 9.53 Å². The molecule has 0 amide bonds. The summed E-state index contributed by atoms with van der Waals surface area (Å²) in [6.07, 6.45) is 10.9. The number of hydrogen-bond acceptors (Lipinski definition) is 6. The van der Waals surface area contributed by atoms with E-state index in [2.05, 4.69) is 31.5 Å². The van der Waals surface area contributed by atoms with Crippen LogP contribution in [0.2, 0.25) is 0 Å². The van der Waals surface area contributed by atoms with Gasteiger partial charge >= 0.3 is 5.97 Å². The van der Waals surface area contributed by atoms with Crippen LogP contribution in [0.4, 0.5) is 0 Å². The number of hydrogen-bond donors (Lipinski definition) is 3. The molecule has 27 heavy (non-hydrogen) atoms. The molecule has 2 fully saturated rings. The molecule has 152 valence electrons. The van der Waals surface area contributed by atoms with Crippen LogP contribution < -0.4 is 10.6 Å². The summed E-state index contributed by atoms with van der Waals surface area (Å²) >= 11 is 3.44. The lowest BCUT2D eigenvalue weighted by atomic mass is 9.88. The topological polar surface area (TPSA) is 73.8 Å². The SMILES string of the molecule is CCOC(=O)C1=CC(Br)=CNC1N1CCC(NC2CCCCC2)C(CO)C1. The lowest BCUT2D eigenvalue weighted by Crippen LogP contribution is -2.58. The Bertz CT molecular complexity index is 575. The van der Waals surface area contributed by atoms with Gasteiger partial charge in [0.1, 0.15) is 6.17 Å². The molecular weight excluding hydrogens is 410 g/mol. The van der Waals surface area contributed by atoms with Crippen molar-refractivity contribution in [1.29, 1.82) is 0 Å². The van der Waals surface area contributed by atoms with E-state index in [9.17, 15) is 9.90 Å². The van der Waals surface area contributed by atoms with E-state index in [1.165, 1.54) is 32.1 Å². The number of ether oxygens (including phenoxy) is 1. The standard InChI is InChI=1S/C20H32BrN3O3/c1-2-27-20(26)17-10-15(21)11-22-19(17)24-9-8-18(14(12-24)13-25)23-16-6-4-3-5-7-16/h10-11,14,16,18-19,22-23,25H,2-9,12-13H2,1H3. The Balaban J connectivity index is 1.64. The van der Waals surface area contributed by atoms with E-state index in [-0.39, 0.29) is 24.7 Å². The van der Waals surface area contributed by atoms with E-state index in [1.807, 2.05) is 19.2 Å². The molecule has 3 rings (SSSR count). The minimum atomic E-state index is -0.289. The zero-order valence-electron chi connectivity index (χ0n) is 16.1. The molecule has 6 nitrogen and oxygen atoms in total. The number of carbonyl (C=O) groups excluding carboxylic acids is 1. The van der Waals surface area contributed by atoms with Gasteiger partial charge in [-0.25, -0.2) is 4.79 Å². The second kappa shape index (κ2) is 10.0. The Labute approximate surface area is 170 Å². The normalized spacial score (nSPS) is 30.3. The number of allylic oxidation sites excluding steroid dienone is 2. The molecule has 3 atom stereocenters. The van der Waals surface area contributed by atoms with E-state index < -0.39 is 0 Å². The average Bonchev–Trinajstić information content (AvgIpc) is 2.69. The predicted octanol–water partition coefficient (Wildman–Crippen LogP) is 2.25. The number of nitrogens with one attached hydrogen (secondary N) is 2. The molecule has 3 aliphatic rings. The third-order valence-corrected chi connectivity index (χ3v) is 6.36. The van der Waals surface area contributed by atoms with E-state index in [4.69, 9.17) is 4.74 Å². The number of halogens is 1. The van der Waals surface area contributed by atoms with Gasteiger partial charge in [-0.05, 0) is 48.2 Å². The molecule has 0 aromatic heterocycles. The van der Waals surface area contributed by atoms with Gasteiger partial charge in [0.05, 0.1) is 12.2 Å². The highest BCUT2D eigenvalue weighted by molar-refractivity contribution is 9.11. The highest BCUT2D eigenvalue weighted by Crippen LogP contribution is 2.27. The number of likely N-dealkylation sites (tertiary alicyclic amines) is 1. The minimum absolute atomic E-state index is 0.158. The van der Waals surface area contributed by atoms with Crippen molar-refractivity contribution in [3.05, 3.63) is 22.3 Å². The molecule has 0 bridgehead atoms. The monoisotopic (exact) mass is 441 g/mol. The maximum Gasteiger partial charge on any atom is 0.337 e. The van der Waals surface area contributed by atoms with Crippen molar-refractivity contribution in [2.24, 2.45) is 5.92 Å². The molecule has 1 aliphatic carbocycles. The summed E-state index contributed by atoms with van der Waals surface area (Å²) in [6, 6.07) is 0.932. The van der Waals surface area contributed by atoms with Gasteiger partial charge in [-0.3, -0.25) is 4.90 Å². The lowest BCUT2D eigenvalue weighted by Gasteiger charge is -2.44. The number of rotatable bonds is 6. The Hall–Kier alpha value is -0.890. The van der Waals surface area contributed by atoms with Crippen molar-refractivity contribution in [2.75, 3.05) is 26.3 Å². The summed E-state index contributed by atoms with van der Waals surface area (Å²) in [5.74, 6) is -0.122. The third kappa shape index (κ3) is 5.34. The fourth-order valence-electron chi connectivity index (χ4n) is 4.48. The van der Waals surface area contributed by atoms with Gasteiger partial charge in [-0.2, -0.15) is 0 Å². The number of esters is 1. The highest BCUT2D eigenvalue weighted by atomic mass is 79.9. The molecule has 3 unspecified atom stereocenters. The number of carbonyl (C=O) groups is 1. The van der Waals surface area contributed by atoms with Crippen LogP contribution in [0, 0.1) is 5.92 Å². The zero-order valence-corrected chi connectivity index (χ0v) is 17.7. The summed E-state index contributed by atoms with van der Waals surface area (Å²) in [5.41, 5.74) is 0.613. The largest absolute Gasteiger partial charge is 0.463 e. The quantitative estimate of drug-likeness (QED) is 0.548. The molecule has 3 N–H and O–H groups in total. The molecule has 0 aromatic rings. The van der Waals surface area contributed by atoms with Crippen molar-refractivity contribution in [3.63, 3.8) is 0 Å². The molecular formula is C20H32BrN3O3. The van der Waals surface area contributed by atoms with Crippen LogP contribution in [0.3, 0.4) is 0 Å². The van der Waals surface area contributed by atoms with Gasteiger partial charge in [0.2, 0.25) is 0 Å². The summed E-state index contributed by atoms with van der Waals surface area (Å²) in [7, 11) is 0. The number of aliphatic hydroxyl groups excluding tert-OH is 1. The average molecular weight is 442 g/mol. The summed E-state index contributed by atoms with van der Waals surface area (Å²) in [4.78, 5) is 14.7. The van der Waals surface area contributed by atoms with Gasteiger partial charge in [0.25, 0.3) is 0 Å². The van der Waals surface area contributed by atoms with Gasteiger partial charge in [0.15, 0.2) is 0 Å². The Kier molecular flexibility index (Phi) is 7.75. The molecule has 0 aromatic carbocycles. The minimum Gasteiger partial charge on any atom is -0.463 e. The van der Waals surface area contributed by atoms with Gasteiger partial charge in [0, 0.05) is 48.4 Å². The van der Waals surface area contributed by atoms with Crippen LogP contribution in [0.1, 0.15) is 45.4 Å². The van der Waals surface area contributed by atoms with E-state index in [0.29, 0.717) is 24.3 Å². The number of nitrogens with zero attached hydrogens (tertiary/aromatic N) is 1. The summed E-state index contributed by atoms with van der Waals surface area (Å²) < 4.78 is 6.07. The predicted molar refractivity (Wildman–Crippen MR) is 109 cm³/mol. The van der Waals surface area contributed by atoms with Gasteiger partial charge < -0.3 is 20.5 Å². The van der Waals surface area contributed by atoms with Gasteiger partial charge in [-0.1, -0.05) is 19.3 Å². The van der Waals surface area contributed by atoms with E-state index >= 15 is 0 Å². The number of piperidine rings is 1. The maximum absolute atomic E-state index is 12.4. The Morgan fingerprint density at radius 1 is 1.37 bits per heavy atom. The first-order valence-corrected chi connectivity index (χ1v) is 11.0. The third-order valence-electron chi connectivity index (χ3n) is 5.90. The van der Waals surface area contributed by atoms with Crippen molar-refractivity contribution in [2.45, 2.75) is 63.7 Å². The van der Waals surface area contributed by atoms with Crippen LogP contribution in [0.25, 0.3) is 0 Å². The lowest BCUT2D eigenvalue weighted by molar-refractivity contribution is -0.139. The molecule has 1 saturated carbocycles. The first-order valence-electron chi connectivity index (χ1n) is 10.2. The summed E-state index contributed by atoms with van der Waals surface area (Å²) in [5, 5.41) is 17.1. The van der Waals surface area contributed by atoms with Crippen molar-refractivity contribution in [3.8, 4) is 0 Å². The molecule has 0 spiro atoms. The first kappa shape index (κ1) is 20.8. The smallest absolute Gasteiger partial charge is 0.337 e. The summed E-state index contributed by atoms with van der Waals surface area (Å²) in [6.45, 7) is 3.96. The van der Waals surface area contributed by atoms with Crippen LogP contribution >= 0.6 is 15.9 Å². The highest BCUT2D eigenvalue weighted by Gasteiger charge is 2.36. The second-order valence-corrected chi connectivity index (χ2v) is 8.67. The molecule has 1 saturated heterocycles. The first-order chi connectivity index (χ1) is 13.1. The molecule has 7 heteroatoms. The maximum atomic E-state index is 12.4. The van der Waals surface area contributed by atoms with Crippen LogP contribution in [-0.4, -0.2) is 60.5 Å². The number of aliphatic hydroxyl groups is 1. The van der Waals surface area contributed by atoms with Crippen molar-refractivity contribution in [1.82, 2.24) is 15.5 Å².